The SMILES string of the molecule is CCC=C=CC1(S(=O)C2(C=C=CCC)C=CC=CC2)C=CC=CC1. The Morgan fingerprint density at radius 3 is 1.67 bits per heavy atom. The summed E-state index contributed by atoms with van der Waals surface area (Å²) in [4.78, 5) is 0. The first-order valence-electron chi connectivity index (χ1n) is 8.64. The largest absolute Gasteiger partial charge is 0.257 e. The molecular weight excluding hydrogens is 312 g/mol. The Labute approximate surface area is 148 Å². The van der Waals surface area contributed by atoms with Crippen molar-refractivity contribution in [1.82, 2.24) is 0 Å². The molecule has 0 heterocycles. The van der Waals surface area contributed by atoms with Crippen molar-refractivity contribution in [2.45, 2.75) is 49.0 Å². The molecule has 0 spiro atoms. The minimum atomic E-state index is -1.17. The summed E-state index contributed by atoms with van der Waals surface area (Å²) in [6, 6.07) is 0. The summed E-state index contributed by atoms with van der Waals surface area (Å²) in [5, 5.41) is 0. The van der Waals surface area contributed by atoms with Crippen LogP contribution >= 0.6 is 0 Å². The molecule has 0 N–H and O–H groups in total. The third kappa shape index (κ3) is 4.16. The molecule has 2 heteroatoms. The topological polar surface area (TPSA) is 17.1 Å². The maximum absolute atomic E-state index is 13.8. The van der Waals surface area contributed by atoms with E-state index in [4.69, 9.17) is 0 Å². The van der Waals surface area contributed by atoms with E-state index < -0.39 is 20.3 Å². The molecule has 1 nitrogen and oxygen atoms in total. The van der Waals surface area contributed by atoms with Crippen LogP contribution in [0, 0.1) is 0 Å². The molecule has 2 atom stereocenters. The number of rotatable bonds is 6. The quantitative estimate of drug-likeness (QED) is 0.585. The Morgan fingerprint density at radius 1 is 0.875 bits per heavy atom. The maximum Gasteiger partial charge on any atom is 0.0941 e. The summed E-state index contributed by atoms with van der Waals surface area (Å²) in [6.07, 6.45) is 27.6. The Balaban J connectivity index is 2.49. The minimum absolute atomic E-state index is 0.527. The van der Waals surface area contributed by atoms with Crippen LogP contribution in [-0.4, -0.2) is 13.7 Å². The highest BCUT2D eigenvalue weighted by Gasteiger charge is 2.43. The van der Waals surface area contributed by atoms with E-state index in [0.717, 1.165) is 25.7 Å². The molecule has 0 aromatic carbocycles. The summed E-state index contributed by atoms with van der Waals surface area (Å²) >= 11 is 0. The van der Waals surface area contributed by atoms with E-state index >= 15 is 0 Å². The number of allylic oxidation sites excluding steroid dienone is 6. The van der Waals surface area contributed by atoms with E-state index in [9.17, 15) is 4.21 Å². The molecule has 126 valence electrons. The molecule has 0 saturated heterocycles. The van der Waals surface area contributed by atoms with E-state index in [-0.39, 0.29) is 0 Å². The van der Waals surface area contributed by atoms with Crippen molar-refractivity contribution in [3.8, 4) is 0 Å². The summed E-state index contributed by atoms with van der Waals surface area (Å²) in [7, 11) is -1.17. The van der Waals surface area contributed by atoms with Gasteiger partial charge in [0.2, 0.25) is 0 Å². The zero-order chi connectivity index (χ0) is 17.3. The van der Waals surface area contributed by atoms with Crippen molar-refractivity contribution in [3.05, 3.63) is 84.4 Å². The molecule has 0 amide bonds. The van der Waals surface area contributed by atoms with Crippen LogP contribution in [0.5, 0.6) is 0 Å². The van der Waals surface area contributed by atoms with Gasteiger partial charge in [0.25, 0.3) is 0 Å². The highest BCUT2D eigenvalue weighted by Crippen LogP contribution is 2.38. The van der Waals surface area contributed by atoms with Gasteiger partial charge in [0.1, 0.15) is 0 Å². The van der Waals surface area contributed by atoms with Gasteiger partial charge in [-0.3, -0.25) is 4.21 Å². The van der Waals surface area contributed by atoms with Gasteiger partial charge in [-0.05, 0) is 50.0 Å². The van der Waals surface area contributed by atoms with Gasteiger partial charge in [0, 0.05) is 0 Å². The average molecular weight is 339 g/mol. The van der Waals surface area contributed by atoms with Gasteiger partial charge in [-0.1, -0.05) is 62.5 Å². The lowest BCUT2D eigenvalue weighted by Crippen LogP contribution is -2.44. The summed E-state index contributed by atoms with van der Waals surface area (Å²) in [5.41, 5.74) is 6.48. The van der Waals surface area contributed by atoms with Crippen molar-refractivity contribution >= 4 is 10.8 Å². The zero-order valence-electron chi connectivity index (χ0n) is 14.6. The van der Waals surface area contributed by atoms with Crippen LogP contribution in [0.2, 0.25) is 0 Å². The highest BCUT2D eigenvalue weighted by atomic mass is 32.2. The van der Waals surface area contributed by atoms with Gasteiger partial charge >= 0.3 is 0 Å². The Morgan fingerprint density at radius 2 is 1.33 bits per heavy atom. The van der Waals surface area contributed by atoms with Gasteiger partial charge in [-0.25, -0.2) is 0 Å². The van der Waals surface area contributed by atoms with E-state index in [0.29, 0.717) is 0 Å². The Bertz CT molecular complexity index is 646. The highest BCUT2D eigenvalue weighted by molar-refractivity contribution is 7.88. The minimum Gasteiger partial charge on any atom is -0.257 e. The zero-order valence-corrected chi connectivity index (χ0v) is 15.4. The van der Waals surface area contributed by atoms with E-state index in [1.54, 1.807) is 0 Å². The normalized spacial score (nSPS) is 28.6. The lowest BCUT2D eigenvalue weighted by atomic mass is 9.98. The molecule has 2 aliphatic carbocycles. The van der Waals surface area contributed by atoms with E-state index in [1.165, 1.54) is 0 Å². The fourth-order valence-electron chi connectivity index (χ4n) is 2.82. The summed E-state index contributed by atoms with van der Waals surface area (Å²) in [6.45, 7) is 4.16. The molecule has 24 heavy (non-hydrogen) atoms. The van der Waals surface area contributed by atoms with E-state index in [2.05, 4.69) is 49.6 Å². The molecule has 0 saturated carbocycles. The molecule has 0 bridgehead atoms. The Kier molecular flexibility index (Phi) is 6.82. The van der Waals surface area contributed by atoms with Crippen molar-refractivity contribution in [1.29, 1.82) is 0 Å². The fourth-order valence-corrected chi connectivity index (χ4v) is 4.78. The lowest BCUT2D eigenvalue weighted by Gasteiger charge is -2.36. The van der Waals surface area contributed by atoms with Crippen LogP contribution in [0.25, 0.3) is 0 Å². The first kappa shape index (κ1) is 18.5. The summed E-state index contributed by atoms with van der Waals surface area (Å²) < 4.78 is 12.7. The molecule has 0 aliphatic heterocycles. The molecule has 2 rings (SSSR count). The maximum atomic E-state index is 13.8. The molecule has 0 aromatic heterocycles. The van der Waals surface area contributed by atoms with E-state index in [1.807, 2.05) is 48.6 Å². The molecule has 2 unspecified atom stereocenters. The number of hydrogen-bond acceptors (Lipinski definition) is 1. The third-order valence-corrected chi connectivity index (χ3v) is 6.34. The second-order valence-electron chi connectivity index (χ2n) is 6.01. The first-order valence-corrected chi connectivity index (χ1v) is 9.79. The second kappa shape index (κ2) is 8.85. The van der Waals surface area contributed by atoms with Gasteiger partial charge in [0.05, 0.1) is 20.3 Å². The van der Waals surface area contributed by atoms with Crippen molar-refractivity contribution < 1.29 is 4.21 Å². The van der Waals surface area contributed by atoms with Crippen LogP contribution in [-0.2, 0) is 10.8 Å². The molecule has 0 radical (unpaired) electrons. The van der Waals surface area contributed by atoms with Crippen LogP contribution in [0.3, 0.4) is 0 Å². The van der Waals surface area contributed by atoms with Crippen molar-refractivity contribution in [3.63, 3.8) is 0 Å². The van der Waals surface area contributed by atoms with Gasteiger partial charge in [-0.2, -0.15) is 0 Å². The predicted octanol–water partition coefficient (Wildman–Crippen LogP) is 5.49. The van der Waals surface area contributed by atoms with Crippen LogP contribution < -0.4 is 0 Å². The monoisotopic (exact) mass is 338 g/mol. The van der Waals surface area contributed by atoms with Gasteiger partial charge in [0.15, 0.2) is 0 Å². The molecule has 0 aromatic rings. The standard InChI is InChI=1S/C22H26OS/c1-3-5-9-15-21(17-11-7-12-18-21)24(23)22(16-10-6-4-2)19-13-8-14-20-22/h5-8,11-17,19H,3-4,18,20H2,1-2H3. The molecule has 0 fully saturated rings. The third-order valence-electron chi connectivity index (χ3n) is 4.11. The fraction of sp³-hybridized carbons (Fsp3) is 0.364. The predicted molar refractivity (Wildman–Crippen MR) is 105 cm³/mol. The first-order chi connectivity index (χ1) is 11.7. The van der Waals surface area contributed by atoms with Crippen LogP contribution in [0.15, 0.2) is 84.4 Å². The second-order valence-corrected chi connectivity index (χ2v) is 8.07. The van der Waals surface area contributed by atoms with Crippen molar-refractivity contribution in [2.75, 3.05) is 0 Å². The average Bonchev–Trinajstić information content (AvgIpc) is 2.63. The number of hydrogen-bond donors (Lipinski definition) is 0. The molecular formula is C22H26OS. The van der Waals surface area contributed by atoms with Gasteiger partial charge in [-0.15, -0.1) is 11.5 Å². The summed E-state index contributed by atoms with van der Waals surface area (Å²) in [5.74, 6) is 0. The lowest BCUT2D eigenvalue weighted by molar-refractivity contribution is 0.642. The Hall–Kier alpha value is -1.85. The smallest absolute Gasteiger partial charge is 0.0941 e. The van der Waals surface area contributed by atoms with Crippen molar-refractivity contribution in [2.24, 2.45) is 0 Å². The van der Waals surface area contributed by atoms with Crippen LogP contribution in [0.4, 0.5) is 0 Å². The van der Waals surface area contributed by atoms with Gasteiger partial charge < -0.3 is 0 Å². The van der Waals surface area contributed by atoms with Crippen LogP contribution in [0.1, 0.15) is 39.5 Å². The molecule has 2 aliphatic rings.